The van der Waals surface area contributed by atoms with E-state index in [1.807, 2.05) is 20.8 Å². The van der Waals surface area contributed by atoms with E-state index < -0.39 is 11.7 Å². The van der Waals surface area contributed by atoms with E-state index in [1.54, 1.807) is 18.2 Å². The molecule has 122 valence electrons. The van der Waals surface area contributed by atoms with Crippen LogP contribution in [0, 0.1) is 5.82 Å². The second kappa shape index (κ2) is 6.64. The monoisotopic (exact) mass is 318 g/mol. The van der Waals surface area contributed by atoms with E-state index in [2.05, 4.69) is 10.6 Å². The van der Waals surface area contributed by atoms with Gasteiger partial charge in [0.25, 0.3) is 5.91 Å². The molecule has 2 N–H and O–H groups in total. The summed E-state index contributed by atoms with van der Waals surface area (Å²) in [5.41, 5.74) is -0.0955. The Hall–Kier alpha value is -2.63. The Morgan fingerprint density at radius 3 is 2.48 bits per heavy atom. The molecule has 23 heavy (non-hydrogen) atoms. The van der Waals surface area contributed by atoms with Crippen LogP contribution in [0.1, 0.15) is 31.3 Å². The quantitative estimate of drug-likeness (QED) is 0.910. The number of halogens is 1. The molecule has 0 aliphatic heterocycles. The normalized spacial score (nSPS) is 11.1. The zero-order chi connectivity index (χ0) is 17.0. The molecule has 2 rings (SSSR count). The van der Waals surface area contributed by atoms with Crippen LogP contribution in [-0.2, 0) is 4.79 Å². The lowest BCUT2D eigenvalue weighted by Crippen LogP contribution is -2.45. The second-order valence-corrected chi connectivity index (χ2v) is 6.12. The largest absolute Gasteiger partial charge is 0.451 e. The molecule has 0 saturated heterocycles. The third kappa shape index (κ3) is 4.67. The number of carbonyl (C=O) groups excluding carboxylic acids is 2. The number of nitrogens with one attached hydrogen (secondary N) is 2. The Balaban J connectivity index is 1.99. The molecule has 0 aliphatic rings. The number of carbonyl (C=O) groups is 2. The molecular formula is C17H19FN2O3. The fourth-order valence-corrected chi connectivity index (χ4v) is 1.98. The van der Waals surface area contributed by atoms with Gasteiger partial charge in [0.2, 0.25) is 5.91 Å². The van der Waals surface area contributed by atoms with Gasteiger partial charge in [-0.15, -0.1) is 0 Å². The molecule has 2 aromatic rings. The van der Waals surface area contributed by atoms with Crippen molar-refractivity contribution in [2.45, 2.75) is 26.3 Å². The highest BCUT2D eigenvalue weighted by Gasteiger charge is 2.17. The van der Waals surface area contributed by atoms with E-state index in [0.29, 0.717) is 0 Å². The fraction of sp³-hybridized carbons (Fsp3) is 0.294. The fourth-order valence-electron chi connectivity index (χ4n) is 1.98. The smallest absolute Gasteiger partial charge is 0.287 e. The van der Waals surface area contributed by atoms with E-state index in [9.17, 15) is 14.0 Å². The zero-order valence-electron chi connectivity index (χ0n) is 13.3. The average Bonchev–Trinajstić information content (AvgIpc) is 2.93. The lowest BCUT2D eigenvalue weighted by molar-refractivity contribution is -0.121. The van der Waals surface area contributed by atoms with Crippen LogP contribution in [-0.4, -0.2) is 23.9 Å². The maximum absolute atomic E-state index is 13.7. The minimum absolute atomic E-state index is 0.0202. The molecule has 1 aromatic carbocycles. The van der Waals surface area contributed by atoms with Crippen molar-refractivity contribution in [1.29, 1.82) is 0 Å². The number of furan rings is 1. The van der Waals surface area contributed by atoms with Crippen LogP contribution < -0.4 is 10.6 Å². The lowest BCUT2D eigenvalue weighted by atomic mass is 10.1. The van der Waals surface area contributed by atoms with Crippen molar-refractivity contribution in [3.05, 3.63) is 48.0 Å². The van der Waals surface area contributed by atoms with E-state index >= 15 is 0 Å². The Morgan fingerprint density at radius 1 is 1.13 bits per heavy atom. The predicted octanol–water partition coefficient (Wildman–Crippen LogP) is 2.73. The van der Waals surface area contributed by atoms with Crippen LogP contribution >= 0.6 is 0 Å². The summed E-state index contributed by atoms with van der Waals surface area (Å²) in [6, 6.07) is 9.09. The summed E-state index contributed by atoms with van der Waals surface area (Å²) in [6.45, 7) is 5.38. The van der Waals surface area contributed by atoms with E-state index in [0.717, 1.165) is 0 Å². The third-order valence-corrected chi connectivity index (χ3v) is 2.89. The van der Waals surface area contributed by atoms with Gasteiger partial charge in [-0.1, -0.05) is 12.1 Å². The standard InChI is InChI=1S/C17H19FN2O3/c1-17(2,3)20-15(21)10-19-16(22)14-9-8-13(23-14)11-6-4-5-7-12(11)18/h4-9H,10H2,1-3H3,(H,19,22)(H,20,21). The van der Waals surface area contributed by atoms with Gasteiger partial charge in [0.1, 0.15) is 11.6 Å². The van der Waals surface area contributed by atoms with Gasteiger partial charge in [-0.25, -0.2) is 4.39 Å². The first-order valence-electron chi connectivity index (χ1n) is 7.20. The molecule has 1 heterocycles. The molecule has 0 radical (unpaired) electrons. The Kier molecular flexibility index (Phi) is 4.83. The summed E-state index contributed by atoms with van der Waals surface area (Å²) in [5, 5.41) is 5.19. The van der Waals surface area contributed by atoms with Gasteiger partial charge in [0.15, 0.2) is 5.76 Å². The van der Waals surface area contributed by atoms with Gasteiger partial charge in [-0.05, 0) is 45.0 Å². The molecule has 2 amide bonds. The maximum atomic E-state index is 13.7. The van der Waals surface area contributed by atoms with E-state index in [-0.39, 0.29) is 35.1 Å². The molecule has 0 bridgehead atoms. The number of amides is 2. The van der Waals surface area contributed by atoms with Crippen LogP contribution in [0.15, 0.2) is 40.8 Å². The molecule has 0 atom stereocenters. The molecule has 0 saturated carbocycles. The van der Waals surface area contributed by atoms with Crippen molar-refractivity contribution in [2.75, 3.05) is 6.54 Å². The van der Waals surface area contributed by atoms with Gasteiger partial charge in [0.05, 0.1) is 12.1 Å². The van der Waals surface area contributed by atoms with Crippen molar-refractivity contribution in [1.82, 2.24) is 10.6 Å². The molecule has 0 aliphatic carbocycles. The van der Waals surface area contributed by atoms with Gasteiger partial charge < -0.3 is 15.1 Å². The molecule has 1 aromatic heterocycles. The van der Waals surface area contributed by atoms with Gasteiger partial charge in [-0.2, -0.15) is 0 Å². The third-order valence-electron chi connectivity index (χ3n) is 2.89. The Bertz CT molecular complexity index is 717. The number of benzene rings is 1. The van der Waals surface area contributed by atoms with Crippen LogP contribution in [0.5, 0.6) is 0 Å². The highest BCUT2D eigenvalue weighted by Crippen LogP contribution is 2.24. The maximum Gasteiger partial charge on any atom is 0.287 e. The highest BCUT2D eigenvalue weighted by atomic mass is 19.1. The summed E-state index contributed by atoms with van der Waals surface area (Å²) in [6.07, 6.45) is 0. The minimum atomic E-state index is -0.531. The minimum Gasteiger partial charge on any atom is -0.451 e. The van der Waals surface area contributed by atoms with E-state index in [1.165, 1.54) is 18.2 Å². The topological polar surface area (TPSA) is 71.3 Å². The lowest BCUT2D eigenvalue weighted by Gasteiger charge is -2.20. The molecule has 0 unspecified atom stereocenters. The predicted molar refractivity (Wildman–Crippen MR) is 84.3 cm³/mol. The van der Waals surface area contributed by atoms with Crippen molar-refractivity contribution in [3.8, 4) is 11.3 Å². The first-order valence-corrected chi connectivity index (χ1v) is 7.20. The zero-order valence-corrected chi connectivity index (χ0v) is 13.3. The molecule has 6 heteroatoms. The Labute approximate surface area is 133 Å². The SMILES string of the molecule is CC(C)(C)NC(=O)CNC(=O)c1ccc(-c2ccccc2F)o1. The van der Waals surface area contributed by atoms with Gasteiger partial charge in [-0.3, -0.25) is 9.59 Å². The summed E-state index contributed by atoms with van der Waals surface area (Å²) in [7, 11) is 0. The second-order valence-electron chi connectivity index (χ2n) is 6.12. The summed E-state index contributed by atoms with van der Waals surface area (Å²) in [4.78, 5) is 23.6. The van der Waals surface area contributed by atoms with Crippen molar-refractivity contribution < 1.29 is 18.4 Å². The van der Waals surface area contributed by atoms with Crippen molar-refractivity contribution in [2.24, 2.45) is 0 Å². The summed E-state index contributed by atoms with van der Waals surface area (Å²) >= 11 is 0. The van der Waals surface area contributed by atoms with E-state index in [4.69, 9.17) is 4.42 Å². The van der Waals surface area contributed by atoms with Crippen molar-refractivity contribution in [3.63, 3.8) is 0 Å². The molecule has 5 nitrogen and oxygen atoms in total. The number of hydrogen-bond acceptors (Lipinski definition) is 3. The average molecular weight is 318 g/mol. The molecule has 0 fully saturated rings. The van der Waals surface area contributed by atoms with Crippen LogP contribution in [0.4, 0.5) is 4.39 Å². The number of hydrogen-bond donors (Lipinski definition) is 2. The van der Waals surface area contributed by atoms with Gasteiger partial charge in [0, 0.05) is 5.54 Å². The highest BCUT2D eigenvalue weighted by molar-refractivity contribution is 5.94. The Morgan fingerprint density at radius 2 is 1.83 bits per heavy atom. The first-order chi connectivity index (χ1) is 10.8. The van der Waals surface area contributed by atoms with Crippen LogP contribution in [0.3, 0.4) is 0 Å². The number of rotatable bonds is 4. The van der Waals surface area contributed by atoms with Crippen LogP contribution in [0.2, 0.25) is 0 Å². The van der Waals surface area contributed by atoms with Crippen LogP contribution in [0.25, 0.3) is 11.3 Å². The van der Waals surface area contributed by atoms with Gasteiger partial charge >= 0.3 is 0 Å². The molecule has 0 spiro atoms. The summed E-state index contributed by atoms with van der Waals surface area (Å²) < 4.78 is 19.0. The van der Waals surface area contributed by atoms with Crippen molar-refractivity contribution >= 4 is 11.8 Å². The molecular weight excluding hydrogens is 299 g/mol. The summed E-state index contributed by atoms with van der Waals surface area (Å²) in [5.74, 6) is -0.985. The first kappa shape index (κ1) is 16.7.